The van der Waals surface area contributed by atoms with Gasteiger partial charge in [0.25, 0.3) is 0 Å². The Kier molecular flexibility index (Phi) is 3.99. The predicted molar refractivity (Wildman–Crippen MR) is 68.7 cm³/mol. The largest absolute Gasteiger partial charge is 0.359 e. The van der Waals surface area contributed by atoms with Crippen LogP contribution in [-0.2, 0) is 0 Å². The van der Waals surface area contributed by atoms with Gasteiger partial charge in [0, 0.05) is 16.7 Å². The molecule has 0 radical (unpaired) electrons. The molecule has 1 heterocycles. The maximum absolute atomic E-state index is 13.2. The number of aromatic nitrogens is 1. The van der Waals surface area contributed by atoms with Crippen molar-refractivity contribution >= 4 is 11.6 Å². The minimum absolute atomic E-state index is 0.180. The molecule has 5 heteroatoms. The van der Waals surface area contributed by atoms with E-state index in [-0.39, 0.29) is 6.04 Å². The Morgan fingerprint density at radius 3 is 2.83 bits per heavy atom. The lowest BCUT2D eigenvalue weighted by Crippen LogP contribution is -2.08. The van der Waals surface area contributed by atoms with Crippen molar-refractivity contribution in [2.24, 2.45) is 5.73 Å². The highest BCUT2D eigenvalue weighted by Crippen LogP contribution is 2.26. The summed E-state index contributed by atoms with van der Waals surface area (Å²) < 4.78 is 18.4. The summed E-state index contributed by atoms with van der Waals surface area (Å²) in [6.45, 7) is 2.05. The van der Waals surface area contributed by atoms with E-state index in [2.05, 4.69) is 5.16 Å². The van der Waals surface area contributed by atoms with Crippen LogP contribution in [0.25, 0.3) is 11.3 Å². The summed E-state index contributed by atoms with van der Waals surface area (Å²) in [6, 6.07) is 5.79. The Morgan fingerprint density at radius 1 is 1.39 bits per heavy atom. The lowest BCUT2D eigenvalue weighted by atomic mass is 10.1. The van der Waals surface area contributed by atoms with Gasteiger partial charge in [0.2, 0.25) is 0 Å². The molecule has 3 nitrogen and oxygen atoms in total. The second-order valence-electron chi connectivity index (χ2n) is 4.17. The van der Waals surface area contributed by atoms with Gasteiger partial charge in [-0.25, -0.2) is 4.39 Å². The minimum Gasteiger partial charge on any atom is -0.359 e. The normalized spacial score (nSPS) is 12.7. The van der Waals surface area contributed by atoms with Crippen LogP contribution < -0.4 is 5.73 Å². The van der Waals surface area contributed by atoms with Crippen molar-refractivity contribution < 1.29 is 8.91 Å². The number of nitrogens with zero attached hydrogens (tertiary/aromatic N) is 1. The van der Waals surface area contributed by atoms with Crippen LogP contribution in [0.3, 0.4) is 0 Å². The molecule has 0 spiro atoms. The third kappa shape index (κ3) is 2.89. The lowest BCUT2D eigenvalue weighted by molar-refractivity contribution is 0.356. The number of nitrogens with two attached hydrogens (primary N) is 1. The van der Waals surface area contributed by atoms with Crippen molar-refractivity contribution in [2.75, 3.05) is 0 Å². The Balaban J connectivity index is 2.29. The van der Waals surface area contributed by atoms with Crippen molar-refractivity contribution in [3.05, 3.63) is 40.9 Å². The van der Waals surface area contributed by atoms with E-state index >= 15 is 0 Å². The molecule has 1 unspecified atom stereocenters. The molecule has 1 aromatic carbocycles. The molecular weight excluding hydrogens is 255 g/mol. The molecular formula is C13H14ClFN2O. The predicted octanol–water partition coefficient (Wildman–Crippen LogP) is 3.93. The summed E-state index contributed by atoms with van der Waals surface area (Å²) in [5.41, 5.74) is 7.04. The first-order chi connectivity index (χ1) is 8.60. The zero-order chi connectivity index (χ0) is 13.1. The van der Waals surface area contributed by atoms with E-state index in [0.29, 0.717) is 22.0 Å². The molecule has 0 aliphatic carbocycles. The van der Waals surface area contributed by atoms with Gasteiger partial charge in [0.1, 0.15) is 11.5 Å². The van der Waals surface area contributed by atoms with Crippen LogP contribution in [0.5, 0.6) is 0 Å². The second kappa shape index (κ2) is 5.50. The van der Waals surface area contributed by atoms with Gasteiger partial charge >= 0.3 is 0 Å². The average Bonchev–Trinajstić information content (AvgIpc) is 2.77. The van der Waals surface area contributed by atoms with E-state index in [0.717, 1.165) is 12.8 Å². The zero-order valence-corrected chi connectivity index (χ0v) is 10.7. The van der Waals surface area contributed by atoms with Gasteiger partial charge in [-0.05, 0) is 24.6 Å². The minimum atomic E-state index is -0.403. The van der Waals surface area contributed by atoms with Crippen molar-refractivity contribution in [1.29, 1.82) is 0 Å². The molecule has 0 saturated heterocycles. The van der Waals surface area contributed by atoms with Crippen molar-refractivity contribution in [2.45, 2.75) is 25.8 Å². The molecule has 0 fully saturated rings. The summed E-state index contributed by atoms with van der Waals surface area (Å²) >= 11 is 5.80. The van der Waals surface area contributed by atoms with E-state index in [4.69, 9.17) is 21.9 Å². The monoisotopic (exact) mass is 268 g/mol. The molecule has 2 rings (SSSR count). The number of hydrogen-bond acceptors (Lipinski definition) is 3. The average molecular weight is 269 g/mol. The number of hydrogen-bond donors (Lipinski definition) is 1. The molecule has 0 aliphatic rings. The standard InChI is InChI=1S/C13H14ClFN2O/c1-2-3-11(16)13-7-12(17-18-13)8-4-9(14)6-10(15)5-8/h4-7,11H,2-3,16H2,1H3. The van der Waals surface area contributed by atoms with Gasteiger partial charge in [-0.1, -0.05) is 30.1 Å². The molecule has 0 saturated carbocycles. The third-order valence-corrected chi connectivity index (χ3v) is 2.87. The summed E-state index contributed by atoms with van der Waals surface area (Å²) in [5, 5.41) is 4.22. The Morgan fingerprint density at radius 2 is 2.17 bits per heavy atom. The van der Waals surface area contributed by atoms with E-state index in [1.54, 1.807) is 12.1 Å². The third-order valence-electron chi connectivity index (χ3n) is 2.65. The molecule has 2 aromatic rings. The SMILES string of the molecule is CCCC(N)c1cc(-c2cc(F)cc(Cl)c2)no1. The van der Waals surface area contributed by atoms with Gasteiger partial charge in [-0.3, -0.25) is 0 Å². The van der Waals surface area contributed by atoms with Crippen molar-refractivity contribution in [3.63, 3.8) is 0 Å². The van der Waals surface area contributed by atoms with Gasteiger partial charge in [-0.15, -0.1) is 0 Å². The maximum Gasteiger partial charge on any atom is 0.154 e. The van der Waals surface area contributed by atoms with Gasteiger partial charge < -0.3 is 10.3 Å². The molecule has 1 aromatic heterocycles. The highest BCUT2D eigenvalue weighted by molar-refractivity contribution is 6.30. The molecule has 2 N–H and O–H groups in total. The number of rotatable bonds is 4. The van der Waals surface area contributed by atoms with Crippen LogP contribution in [0.4, 0.5) is 4.39 Å². The van der Waals surface area contributed by atoms with E-state index < -0.39 is 5.82 Å². The smallest absolute Gasteiger partial charge is 0.154 e. The molecule has 0 aliphatic heterocycles. The van der Waals surface area contributed by atoms with E-state index in [9.17, 15) is 4.39 Å². The van der Waals surface area contributed by atoms with Crippen LogP contribution in [0, 0.1) is 5.82 Å². The van der Waals surface area contributed by atoms with Gasteiger partial charge in [-0.2, -0.15) is 0 Å². The first-order valence-corrected chi connectivity index (χ1v) is 6.16. The first kappa shape index (κ1) is 13.1. The van der Waals surface area contributed by atoms with Crippen molar-refractivity contribution in [1.82, 2.24) is 5.16 Å². The topological polar surface area (TPSA) is 52.0 Å². The first-order valence-electron chi connectivity index (χ1n) is 5.79. The van der Waals surface area contributed by atoms with Crippen LogP contribution in [0.1, 0.15) is 31.6 Å². The summed E-state index contributed by atoms with van der Waals surface area (Å²) in [5.74, 6) is 0.201. The zero-order valence-electron chi connectivity index (χ0n) is 9.99. The fraction of sp³-hybridized carbons (Fsp3) is 0.308. The lowest BCUT2D eigenvalue weighted by Gasteiger charge is -2.03. The summed E-state index contributed by atoms with van der Waals surface area (Å²) in [6.07, 6.45) is 1.78. The summed E-state index contributed by atoms with van der Waals surface area (Å²) in [7, 11) is 0. The van der Waals surface area contributed by atoms with E-state index in [1.165, 1.54) is 12.1 Å². The molecule has 1 atom stereocenters. The van der Waals surface area contributed by atoms with Crippen LogP contribution in [-0.4, -0.2) is 5.16 Å². The molecule has 96 valence electrons. The summed E-state index contributed by atoms with van der Waals surface area (Å²) in [4.78, 5) is 0. The fourth-order valence-electron chi connectivity index (χ4n) is 1.76. The second-order valence-corrected chi connectivity index (χ2v) is 4.60. The van der Waals surface area contributed by atoms with Crippen LogP contribution in [0.15, 0.2) is 28.8 Å². The quantitative estimate of drug-likeness (QED) is 0.914. The van der Waals surface area contributed by atoms with E-state index in [1.807, 2.05) is 6.92 Å². The van der Waals surface area contributed by atoms with Crippen LogP contribution in [0.2, 0.25) is 5.02 Å². The number of benzene rings is 1. The Hall–Kier alpha value is -1.39. The Bertz CT molecular complexity index is 521. The molecule has 0 bridgehead atoms. The number of halogens is 2. The molecule has 18 heavy (non-hydrogen) atoms. The maximum atomic E-state index is 13.2. The Labute approximate surface area is 110 Å². The fourth-order valence-corrected chi connectivity index (χ4v) is 1.98. The van der Waals surface area contributed by atoms with Crippen LogP contribution >= 0.6 is 11.6 Å². The molecule has 0 amide bonds. The van der Waals surface area contributed by atoms with Gasteiger partial charge in [0.15, 0.2) is 5.76 Å². The van der Waals surface area contributed by atoms with Gasteiger partial charge in [0.05, 0.1) is 6.04 Å². The highest BCUT2D eigenvalue weighted by atomic mass is 35.5. The van der Waals surface area contributed by atoms with Crippen molar-refractivity contribution in [3.8, 4) is 11.3 Å². The highest BCUT2D eigenvalue weighted by Gasteiger charge is 2.13.